The number of fused-ring (bicyclic) bond motifs is 1. The van der Waals surface area contributed by atoms with Crippen LogP contribution in [0.4, 0.5) is 5.69 Å². The number of nitrogens with one attached hydrogen (secondary N) is 2. The molecule has 0 bridgehead atoms. The van der Waals surface area contributed by atoms with E-state index in [1.807, 2.05) is 68.4 Å². The minimum atomic E-state index is -0.205. The van der Waals surface area contributed by atoms with Crippen LogP contribution in [0.1, 0.15) is 44.9 Å². The first-order valence-corrected chi connectivity index (χ1v) is 10.00. The summed E-state index contributed by atoms with van der Waals surface area (Å²) in [5.74, 6) is -0.367. The number of anilines is 1. The number of rotatable bonds is 5. The predicted molar refractivity (Wildman–Crippen MR) is 121 cm³/mol. The lowest BCUT2D eigenvalue weighted by Gasteiger charge is -2.16. The molecule has 2 heterocycles. The van der Waals surface area contributed by atoms with Crippen molar-refractivity contribution in [3.8, 4) is 0 Å². The monoisotopic (exact) mass is 410 g/mol. The van der Waals surface area contributed by atoms with Crippen molar-refractivity contribution in [2.45, 2.75) is 19.9 Å². The highest BCUT2D eigenvalue weighted by Crippen LogP contribution is 2.20. The minimum absolute atomic E-state index is 0.168. The fourth-order valence-electron chi connectivity index (χ4n) is 3.36. The van der Waals surface area contributed by atoms with E-state index in [1.54, 1.807) is 24.5 Å². The molecule has 2 N–H and O–H groups in total. The third-order valence-corrected chi connectivity index (χ3v) is 5.12. The molecule has 0 aliphatic rings. The second-order valence-electron chi connectivity index (χ2n) is 7.32. The van der Waals surface area contributed by atoms with Crippen molar-refractivity contribution in [2.75, 3.05) is 5.32 Å². The molecular formula is C25H22N4O2. The van der Waals surface area contributed by atoms with Crippen LogP contribution in [0, 0.1) is 6.92 Å². The molecule has 154 valence electrons. The van der Waals surface area contributed by atoms with Gasteiger partial charge in [-0.3, -0.25) is 19.6 Å². The second-order valence-corrected chi connectivity index (χ2v) is 7.32. The number of hydrogen-bond acceptors (Lipinski definition) is 4. The van der Waals surface area contributed by atoms with E-state index in [1.165, 1.54) is 0 Å². The number of aryl methyl sites for hydroxylation is 1. The number of aromatic nitrogens is 2. The minimum Gasteiger partial charge on any atom is -0.345 e. The Bertz CT molecular complexity index is 1240. The second kappa shape index (κ2) is 8.75. The van der Waals surface area contributed by atoms with Gasteiger partial charge in [0.1, 0.15) is 0 Å². The molecule has 4 rings (SSSR count). The van der Waals surface area contributed by atoms with Crippen LogP contribution in [-0.4, -0.2) is 21.8 Å². The fraction of sp³-hybridized carbons (Fsp3) is 0.120. The lowest BCUT2D eigenvalue weighted by Crippen LogP contribution is -2.27. The van der Waals surface area contributed by atoms with Gasteiger partial charge < -0.3 is 10.6 Å². The van der Waals surface area contributed by atoms with Crippen LogP contribution in [0.25, 0.3) is 10.9 Å². The smallest absolute Gasteiger partial charge is 0.255 e. The number of nitrogens with zero attached hydrogens (tertiary/aromatic N) is 2. The third-order valence-electron chi connectivity index (χ3n) is 5.12. The van der Waals surface area contributed by atoms with Gasteiger partial charge in [0, 0.05) is 29.0 Å². The zero-order valence-corrected chi connectivity index (χ0v) is 17.3. The van der Waals surface area contributed by atoms with Gasteiger partial charge in [-0.15, -0.1) is 0 Å². The highest BCUT2D eigenvalue weighted by molar-refractivity contribution is 6.04. The molecule has 0 radical (unpaired) electrons. The number of amides is 2. The van der Waals surface area contributed by atoms with Gasteiger partial charge >= 0.3 is 0 Å². The van der Waals surface area contributed by atoms with Gasteiger partial charge in [-0.25, -0.2) is 0 Å². The topological polar surface area (TPSA) is 84.0 Å². The van der Waals surface area contributed by atoms with E-state index in [-0.39, 0.29) is 17.9 Å². The first-order chi connectivity index (χ1) is 15.0. The highest BCUT2D eigenvalue weighted by Gasteiger charge is 2.15. The van der Waals surface area contributed by atoms with Gasteiger partial charge in [-0.1, -0.05) is 30.3 Å². The highest BCUT2D eigenvalue weighted by atomic mass is 16.2. The van der Waals surface area contributed by atoms with E-state index < -0.39 is 0 Å². The molecule has 0 saturated heterocycles. The molecule has 0 aliphatic carbocycles. The molecule has 0 saturated carbocycles. The first kappa shape index (κ1) is 20.2. The van der Waals surface area contributed by atoms with Crippen LogP contribution in [0.2, 0.25) is 0 Å². The third kappa shape index (κ3) is 4.59. The number of carbonyl (C=O) groups excluding carboxylic acids is 2. The molecule has 2 aromatic carbocycles. The van der Waals surface area contributed by atoms with Crippen molar-refractivity contribution in [3.05, 3.63) is 102 Å². The maximum Gasteiger partial charge on any atom is 0.255 e. The molecule has 2 aromatic heterocycles. The summed E-state index contributed by atoms with van der Waals surface area (Å²) in [6, 6.07) is 20.1. The number of carbonyl (C=O) groups is 2. The van der Waals surface area contributed by atoms with Crippen LogP contribution in [0.3, 0.4) is 0 Å². The van der Waals surface area contributed by atoms with Crippen LogP contribution >= 0.6 is 0 Å². The molecule has 6 heteroatoms. The zero-order valence-electron chi connectivity index (χ0n) is 17.3. The van der Waals surface area contributed by atoms with Gasteiger partial charge in [0.2, 0.25) is 0 Å². The number of benzene rings is 2. The Morgan fingerprint density at radius 3 is 2.35 bits per heavy atom. The van der Waals surface area contributed by atoms with Crippen molar-refractivity contribution >= 4 is 28.4 Å². The van der Waals surface area contributed by atoms with Crippen molar-refractivity contribution in [1.82, 2.24) is 15.3 Å². The fourth-order valence-corrected chi connectivity index (χ4v) is 3.36. The number of para-hydroxylation sites is 1. The normalized spacial score (nSPS) is 11.7. The molecule has 0 spiro atoms. The van der Waals surface area contributed by atoms with E-state index in [9.17, 15) is 9.59 Å². The average molecular weight is 410 g/mol. The van der Waals surface area contributed by atoms with Gasteiger partial charge in [0.15, 0.2) is 0 Å². The van der Waals surface area contributed by atoms with E-state index in [0.29, 0.717) is 22.5 Å². The van der Waals surface area contributed by atoms with Gasteiger partial charge in [0.05, 0.1) is 22.8 Å². The largest absolute Gasteiger partial charge is 0.345 e. The molecule has 0 aliphatic heterocycles. The SMILES string of the molecule is Cc1nc2ccccc2cc1C(=O)NC(C)c1ccc(NC(=O)c2ccncc2)cc1. The first-order valence-electron chi connectivity index (χ1n) is 10.00. The van der Waals surface area contributed by atoms with E-state index in [2.05, 4.69) is 20.6 Å². The van der Waals surface area contributed by atoms with Crippen LogP contribution in [0.15, 0.2) is 79.1 Å². The van der Waals surface area contributed by atoms with Crippen molar-refractivity contribution < 1.29 is 9.59 Å². The molecule has 6 nitrogen and oxygen atoms in total. The number of hydrogen-bond donors (Lipinski definition) is 2. The maximum atomic E-state index is 12.8. The summed E-state index contributed by atoms with van der Waals surface area (Å²) in [6.45, 7) is 3.76. The molecule has 2 amide bonds. The maximum absolute atomic E-state index is 12.8. The predicted octanol–water partition coefficient (Wildman–Crippen LogP) is 4.68. The number of pyridine rings is 2. The Morgan fingerprint density at radius 1 is 0.903 bits per heavy atom. The molecule has 4 aromatic rings. The molecule has 0 fully saturated rings. The Morgan fingerprint density at radius 2 is 1.61 bits per heavy atom. The molecule has 31 heavy (non-hydrogen) atoms. The summed E-state index contributed by atoms with van der Waals surface area (Å²) >= 11 is 0. The van der Waals surface area contributed by atoms with Crippen LogP contribution < -0.4 is 10.6 Å². The summed E-state index contributed by atoms with van der Waals surface area (Å²) < 4.78 is 0. The molecular weight excluding hydrogens is 388 g/mol. The van der Waals surface area contributed by atoms with E-state index in [4.69, 9.17) is 0 Å². The van der Waals surface area contributed by atoms with Crippen LogP contribution in [0.5, 0.6) is 0 Å². The molecule has 1 atom stereocenters. The van der Waals surface area contributed by atoms with Crippen LogP contribution in [-0.2, 0) is 0 Å². The Balaban J connectivity index is 1.44. The van der Waals surface area contributed by atoms with E-state index in [0.717, 1.165) is 16.5 Å². The lowest BCUT2D eigenvalue weighted by molar-refractivity contribution is 0.0938. The van der Waals surface area contributed by atoms with Gasteiger partial charge in [0.25, 0.3) is 11.8 Å². The average Bonchev–Trinajstić information content (AvgIpc) is 2.79. The lowest BCUT2D eigenvalue weighted by atomic mass is 10.1. The Labute approximate surface area is 180 Å². The van der Waals surface area contributed by atoms with Crippen molar-refractivity contribution in [1.29, 1.82) is 0 Å². The summed E-state index contributed by atoms with van der Waals surface area (Å²) in [7, 11) is 0. The van der Waals surface area contributed by atoms with E-state index >= 15 is 0 Å². The van der Waals surface area contributed by atoms with Gasteiger partial charge in [-0.05, 0) is 55.8 Å². The summed E-state index contributed by atoms with van der Waals surface area (Å²) in [4.78, 5) is 33.6. The van der Waals surface area contributed by atoms with Crippen molar-refractivity contribution in [2.24, 2.45) is 0 Å². The Kier molecular flexibility index (Phi) is 5.71. The summed E-state index contributed by atoms with van der Waals surface area (Å²) in [5.41, 5.74) is 4.28. The Hall–Kier alpha value is -4.06. The quantitative estimate of drug-likeness (QED) is 0.500. The standard InChI is InChI=1S/C25H22N4O2/c1-16(28-25(31)22-15-20-5-3-4-6-23(20)27-17(22)2)18-7-9-21(10-8-18)29-24(30)19-11-13-26-14-12-19/h3-16H,1-2H3,(H,28,31)(H,29,30). The summed E-state index contributed by atoms with van der Waals surface area (Å²) in [6.07, 6.45) is 3.16. The zero-order chi connectivity index (χ0) is 21.8. The summed E-state index contributed by atoms with van der Waals surface area (Å²) in [5, 5.41) is 6.81. The van der Waals surface area contributed by atoms with Gasteiger partial charge in [-0.2, -0.15) is 0 Å². The van der Waals surface area contributed by atoms with Crippen molar-refractivity contribution in [3.63, 3.8) is 0 Å². The molecule has 1 unspecified atom stereocenters.